The third-order valence-corrected chi connectivity index (χ3v) is 4.13. The highest BCUT2D eigenvalue weighted by Crippen LogP contribution is 2.34. The van der Waals surface area contributed by atoms with Crippen molar-refractivity contribution < 1.29 is 4.42 Å². The number of anilines is 1. The second kappa shape index (κ2) is 7.20. The Bertz CT molecular complexity index is 884. The highest BCUT2D eigenvalue weighted by Gasteiger charge is 2.14. The number of rotatable bonds is 4. The Hall–Kier alpha value is -2.77. The molecule has 0 fully saturated rings. The molecule has 0 atom stereocenters. The van der Waals surface area contributed by atoms with Crippen molar-refractivity contribution in [3.63, 3.8) is 0 Å². The molecule has 2 aromatic heterocycles. The molecule has 0 aliphatic rings. The molecule has 0 aliphatic heterocycles. The minimum Gasteiger partial charge on any atom is -0.462 e. The van der Waals surface area contributed by atoms with Crippen LogP contribution < -0.4 is 5.73 Å². The summed E-state index contributed by atoms with van der Waals surface area (Å²) in [7, 11) is 0. The fourth-order valence-electron chi connectivity index (χ4n) is 2.68. The summed E-state index contributed by atoms with van der Waals surface area (Å²) in [6.07, 6.45) is 3.42. The molecule has 0 aliphatic carbocycles. The Morgan fingerprint density at radius 3 is 2.62 bits per heavy atom. The van der Waals surface area contributed by atoms with Crippen molar-refractivity contribution in [3.05, 3.63) is 48.4 Å². The van der Waals surface area contributed by atoms with Crippen molar-refractivity contribution in [1.82, 2.24) is 9.88 Å². The largest absolute Gasteiger partial charge is 0.462 e. The minimum absolute atomic E-state index is 0.465. The van der Waals surface area contributed by atoms with Crippen molar-refractivity contribution in [2.24, 2.45) is 0 Å². The van der Waals surface area contributed by atoms with E-state index in [1.165, 1.54) is 0 Å². The summed E-state index contributed by atoms with van der Waals surface area (Å²) in [6.45, 7) is 6.96. The molecule has 2 heterocycles. The van der Waals surface area contributed by atoms with Gasteiger partial charge in [-0.05, 0) is 18.7 Å². The van der Waals surface area contributed by atoms with E-state index in [4.69, 9.17) is 10.2 Å². The molecule has 2 N–H and O–H groups in total. The summed E-state index contributed by atoms with van der Waals surface area (Å²) in [5, 5.41) is 0.829. The molecule has 24 heavy (non-hydrogen) atoms. The molecular weight excluding hydrogens is 298 g/mol. The zero-order valence-corrected chi connectivity index (χ0v) is 14.0. The quantitative estimate of drug-likeness (QED) is 0.744. The van der Waals surface area contributed by atoms with Gasteiger partial charge in [0.05, 0.1) is 23.8 Å². The van der Waals surface area contributed by atoms with E-state index in [2.05, 4.69) is 35.6 Å². The van der Waals surface area contributed by atoms with E-state index in [9.17, 15) is 0 Å². The SMILES string of the molecule is CCN(CC)CC#Cc1cnc(N)c2c(-c3ccccc3)coc12. The Kier molecular flexibility index (Phi) is 4.83. The van der Waals surface area contributed by atoms with Gasteiger partial charge >= 0.3 is 0 Å². The molecule has 3 aromatic rings. The number of pyridine rings is 1. The molecule has 0 saturated carbocycles. The summed E-state index contributed by atoms with van der Waals surface area (Å²) in [4.78, 5) is 6.56. The van der Waals surface area contributed by atoms with Crippen LogP contribution in [0.2, 0.25) is 0 Å². The van der Waals surface area contributed by atoms with Crippen molar-refractivity contribution in [2.75, 3.05) is 25.4 Å². The van der Waals surface area contributed by atoms with Crippen LogP contribution in [0.1, 0.15) is 19.4 Å². The number of benzene rings is 1. The highest BCUT2D eigenvalue weighted by molar-refractivity contribution is 6.02. The average molecular weight is 319 g/mol. The molecule has 0 amide bonds. The first kappa shape index (κ1) is 16.1. The van der Waals surface area contributed by atoms with E-state index >= 15 is 0 Å². The molecule has 0 saturated heterocycles. The van der Waals surface area contributed by atoms with Crippen LogP contribution in [-0.4, -0.2) is 29.5 Å². The Morgan fingerprint density at radius 2 is 1.92 bits per heavy atom. The first-order valence-corrected chi connectivity index (χ1v) is 8.16. The number of nitrogens with two attached hydrogens (primary N) is 1. The summed E-state index contributed by atoms with van der Waals surface area (Å²) in [5.41, 5.74) is 9.58. The standard InChI is InChI=1S/C20H21N3O/c1-3-23(4-2)12-8-11-16-13-22-20(21)18-17(14-24-19(16)18)15-9-6-5-7-10-15/h5-7,9-10,13-14H,3-4,12H2,1-2H3,(H2,21,22). The zero-order valence-electron chi connectivity index (χ0n) is 14.0. The van der Waals surface area contributed by atoms with Gasteiger partial charge in [0.2, 0.25) is 0 Å². The van der Waals surface area contributed by atoms with Crippen LogP contribution in [0.4, 0.5) is 5.82 Å². The maximum absolute atomic E-state index is 6.10. The van der Waals surface area contributed by atoms with Crippen LogP contribution in [0.3, 0.4) is 0 Å². The normalized spacial score (nSPS) is 10.8. The molecule has 0 radical (unpaired) electrons. The maximum Gasteiger partial charge on any atom is 0.155 e. The van der Waals surface area contributed by atoms with Gasteiger partial charge in [-0.2, -0.15) is 0 Å². The van der Waals surface area contributed by atoms with Crippen molar-refractivity contribution in [1.29, 1.82) is 0 Å². The molecule has 4 nitrogen and oxygen atoms in total. The minimum atomic E-state index is 0.465. The fourth-order valence-corrected chi connectivity index (χ4v) is 2.68. The first-order valence-electron chi connectivity index (χ1n) is 8.16. The smallest absolute Gasteiger partial charge is 0.155 e. The fraction of sp³-hybridized carbons (Fsp3) is 0.250. The van der Waals surface area contributed by atoms with Gasteiger partial charge in [-0.25, -0.2) is 4.98 Å². The number of nitrogen functional groups attached to an aromatic ring is 1. The van der Waals surface area contributed by atoms with Gasteiger partial charge in [-0.3, -0.25) is 4.90 Å². The van der Waals surface area contributed by atoms with E-state index < -0.39 is 0 Å². The molecule has 1 aromatic carbocycles. The highest BCUT2D eigenvalue weighted by atomic mass is 16.3. The van der Waals surface area contributed by atoms with Crippen LogP contribution in [-0.2, 0) is 0 Å². The van der Waals surface area contributed by atoms with E-state index in [1.54, 1.807) is 12.5 Å². The van der Waals surface area contributed by atoms with E-state index in [0.29, 0.717) is 11.4 Å². The van der Waals surface area contributed by atoms with Gasteiger partial charge in [0.25, 0.3) is 0 Å². The predicted molar refractivity (Wildman–Crippen MR) is 98.5 cm³/mol. The number of hydrogen-bond donors (Lipinski definition) is 1. The third kappa shape index (κ3) is 3.12. The molecular formula is C20H21N3O. The first-order chi connectivity index (χ1) is 11.7. The zero-order chi connectivity index (χ0) is 16.9. The summed E-state index contributed by atoms with van der Waals surface area (Å²) < 4.78 is 5.79. The topological polar surface area (TPSA) is 55.3 Å². The number of nitrogens with zero attached hydrogens (tertiary/aromatic N) is 2. The van der Waals surface area contributed by atoms with Crippen LogP contribution in [0.25, 0.3) is 22.1 Å². The van der Waals surface area contributed by atoms with Crippen LogP contribution in [0.15, 0.2) is 47.2 Å². The average Bonchev–Trinajstić information content (AvgIpc) is 3.07. The number of fused-ring (bicyclic) bond motifs is 1. The Labute approximate surface area is 142 Å². The van der Waals surface area contributed by atoms with Crippen LogP contribution in [0.5, 0.6) is 0 Å². The van der Waals surface area contributed by atoms with E-state index in [0.717, 1.165) is 41.7 Å². The number of hydrogen-bond acceptors (Lipinski definition) is 4. The van der Waals surface area contributed by atoms with Gasteiger partial charge < -0.3 is 10.2 Å². The predicted octanol–water partition coefficient (Wildman–Crippen LogP) is 3.77. The van der Waals surface area contributed by atoms with Gasteiger partial charge in [-0.15, -0.1) is 0 Å². The second-order valence-electron chi connectivity index (χ2n) is 5.54. The molecule has 122 valence electrons. The van der Waals surface area contributed by atoms with Gasteiger partial charge in [-0.1, -0.05) is 56.0 Å². The molecule has 3 rings (SSSR count). The van der Waals surface area contributed by atoms with Gasteiger partial charge in [0.15, 0.2) is 5.58 Å². The van der Waals surface area contributed by atoms with Gasteiger partial charge in [0.1, 0.15) is 5.82 Å². The van der Waals surface area contributed by atoms with Gasteiger partial charge in [0, 0.05) is 11.8 Å². The number of furan rings is 1. The van der Waals surface area contributed by atoms with E-state index in [1.807, 2.05) is 30.3 Å². The molecule has 4 heteroatoms. The van der Waals surface area contributed by atoms with E-state index in [-0.39, 0.29) is 0 Å². The number of aromatic nitrogens is 1. The summed E-state index contributed by atoms with van der Waals surface area (Å²) in [6, 6.07) is 10.0. The molecule has 0 spiro atoms. The lowest BCUT2D eigenvalue weighted by Gasteiger charge is -2.13. The Morgan fingerprint density at radius 1 is 1.17 bits per heavy atom. The Balaban J connectivity index is 2.02. The third-order valence-electron chi connectivity index (χ3n) is 4.13. The maximum atomic E-state index is 6.10. The van der Waals surface area contributed by atoms with Crippen LogP contribution in [0, 0.1) is 11.8 Å². The molecule has 0 unspecified atom stereocenters. The second-order valence-corrected chi connectivity index (χ2v) is 5.54. The molecule has 0 bridgehead atoms. The lowest BCUT2D eigenvalue weighted by atomic mass is 10.0. The monoisotopic (exact) mass is 319 g/mol. The summed E-state index contributed by atoms with van der Waals surface area (Å²) in [5.74, 6) is 6.84. The summed E-state index contributed by atoms with van der Waals surface area (Å²) >= 11 is 0. The van der Waals surface area contributed by atoms with Crippen molar-refractivity contribution >= 4 is 16.8 Å². The van der Waals surface area contributed by atoms with Crippen molar-refractivity contribution in [2.45, 2.75) is 13.8 Å². The lowest BCUT2D eigenvalue weighted by molar-refractivity contribution is 0.342. The lowest BCUT2D eigenvalue weighted by Crippen LogP contribution is -2.22. The van der Waals surface area contributed by atoms with Crippen LogP contribution >= 0.6 is 0 Å². The van der Waals surface area contributed by atoms with Crippen molar-refractivity contribution in [3.8, 4) is 23.0 Å².